The van der Waals surface area contributed by atoms with E-state index in [9.17, 15) is 0 Å². The summed E-state index contributed by atoms with van der Waals surface area (Å²) in [5, 5.41) is 0. The van der Waals surface area contributed by atoms with E-state index in [1.54, 1.807) is 37.0 Å². The fourth-order valence-electron chi connectivity index (χ4n) is 5.38. The van der Waals surface area contributed by atoms with Crippen LogP contribution in [0.4, 0.5) is 0 Å². The smallest absolute Gasteiger partial charge is 0.0548 e. The molecule has 4 heteroatoms. The Morgan fingerprint density at radius 1 is 0.538 bits per heavy atom. The molecular formula is C22H48N2Si2. The van der Waals surface area contributed by atoms with Crippen LogP contribution in [0.25, 0.3) is 0 Å². The topological polar surface area (TPSA) is 6.48 Å². The number of nitrogens with zero attached hydrogens (tertiary/aromatic N) is 2. The Hall–Kier alpha value is 0.354. The summed E-state index contributed by atoms with van der Waals surface area (Å²) in [6.45, 7) is 19.9. The second-order valence-electron chi connectivity index (χ2n) is 10.8. The lowest BCUT2D eigenvalue weighted by molar-refractivity contribution is 0.238. The summed E-state index contributed by atoms with van der Waals surface area (Å²) >= 11 is 0. The van der Waals surface area contributed by atoms with Crippen molar-refractivity contribution in [2.75, 3.05) is 26.2 Å². The van der Waals surface area contributed by atoms with E-state index in [1.807, 2.05) is 0 Å². The first-order chi connectivity index (χ1) is 12.2. The van der Waals surface area contributed by atoms with Gasteiger partial charge in [0.1, 0.15) is 0 Å². The Labute approximate surface area is 167 Å². The van der Waals surface area contributed by atoms with Crippen LogP contribution >= 0.6 is 0 Å². The Morgan fingerprint density at radius 2 is 1.00 bits per heavy atom. The molecule has 0 aromatic carbocycles. The Balaban J connectivity index is 0.000000190. The number of rotatable bonds is 2. The molecule has 0 unspecified atom stereocenters. The second-order valence-corrected chi connectivity index (χ2v) is 21.2. The number of hydrogen-bond acceptors (Lipinski definition) is 2. The first-order valence-electron chi connectivity index (χ1n) is 11.7. The molecule has 0 aliphatic carbocycles. The van der Waals surface area contributed by atoms with Gasteiger partial charge in [0.05, 0.1) is 8.07 Å². The minimum atomic E-state index is -0.770. The highest BCUT2D eigenvalue weighted by Crippen LogP contribution is 2.39. The highest BCUT2D eigenvalue weighted by atomic mass is 28.3. The van der Waals surface area contributed by atoms with Crippen LogP contribution in [0.2, 0.25) is 49.4 Å². The highest BCUT2D eigenvalue weighted by Gasteiger charge is 2.37. The van der Waals surface area contributed by atoms with E-state index < -0.39 is 16.1 Å². The predicted molar refractivity (Wildman–Crippen MR) is 124 cm³/mol. The highest BCUT2D eigenvalue weighted by molar-refractivity contribution is 6.80. The predicted octanol–water partition coefficient (Wildman–Crippen LogP) is 6.15. The van der Waals surface area contributed by atoms with Crippen molar-refractivity contribution in [1.29, 1.82) is 0 Å². The van der Waals surface area contributed by atoms with Crippen LogP contribution < -0.4 is 0 Å². The van der Waals surface area contributed by atoms with Gasteiger partial charge in [0.25, 0.3) is 0 Å². The van der Waals surface area contributed by atoms with Crippen LogP contribution in [0.15, 0.2) is 0 Å². The fourth-order valence-corrected chi connectivity index (χ4v) is 12.8. The van der Waals surface area contributed by atoms with Crippen LogP contribution in [-0.2, 0) is 0 Å². The summed E-state index contributed by atoms with van der Waals surface area (Å²) in [5.41, 5.74) is 0. The van der Waals surface area contributed by atoms with Gasteiger partial charge < -0.3 is 9.80 Å². The molecule has 0 radical (unpaired) electrons. The lowest BCUT2D eigenvalue weighted by atomic mass is 10.3. The summed E-state index contributed by atoms with van der Waals surface area (Å²) < 4.78 is 0. The van der Waals surface area contributed by atoms with Crippen molar-refractivity contribution in [3.63, 3.8) is 0 Å². The molecule has 3 fully saturated rings. The van der Waals surface area contributed by atoms with Gasteiger partial charge in [-0.25, -0.2) is 0 Å². The Morgan fingerprint density at radius 3 is 1.54 bits per heavy atom. The van der Waals surface area contributed by atoms with Crippen LogP contribution in [0.3, 0.4) is 0 Å². The molecule has 3 saturated heterocycles. The first kappa shape index (κ1) is 22.6. The van der Waals surface area contributed by atoms with Gasteiger partial charge in [0, 0.05) is 20.2 Å². The molecule has 1 spiro atoms. The SMILES string of the molecule is CC(C)N1CCC[Si](C)(C)CC1.CC(C)N1CCC[Si]2(CCCC2)CC1. The quantitative estimate of drug-likeness (QED) is 0.516. The van der Waals surface area contributed by atoms with Crippen LogP contribution in [0, 0.1) is 0 Å². The standard InChI is InChI=1S/C12H25NSi.C10H23NSi/c1-12(2)13-6-5-10-14(11-7-13)8-3-4-9-14;1-10(2)11-6-5-8-12(3,4)9-7-11/h12H,3-11H2,1-2H3;10H,5-9H2,1-4H3. The molecule has 2 nitrogen and oxygen atoms in total. The molecule has 3 aliphatic rings. The zero-order chi connectivity index (χ0) is 19.2. The third kappa shape index (κ3) is 7.07. The number of hydrogen-bond donors (Lipinski definition) is 0. The Kier molecular flexibility index (Phi) is 8.90. The minimum absolute atomic E-state index is 0.699. The molecule has 154 valence electrons. The molecule has 0 N–H and O–H groups in total. The maximum Gasteiger partial charge on any atom is 0.0548 e. The van der Waals surface area contributed by atoms with E-state index >= 15 is 0 Å². The van der Waals surface area contributed by atoms with Crippen molar-refractivity contribution >= 4 is 16.1 Å². The van der Waals surface area contributed by atoms with Crippen LogP contribution in [0.5, 0.6) is 0 Å². The lowest BCUT2D eigenvalue weighted by Crippen LogP contribution is -2.34. The van der Waals surface area contributed by atoms with E-state index in [1.165, 1.54) is 51.1 Å². The lowest BCUT2D eigenvalue weighted by Gasteiger charge is -2.27. The van der Waals surface area contributed by atoms with E-state index in [2.05, 4.69) is 50.6 Å². The third-order valence-corrected chi connectivity index (χ3v) is 16.4. The molecule has 0 aromatic rings. The van der Waals surface area contributed by atoms with Crippen molar-refractivity contribution < 1.29 is 0 Å². The molecule has 0 atom stereocenters. The van der Waals surface area contributed by atoms with Crippen molar-refractivity contribution in [2.45, 2.75) is 115 Å². The van der Waals surface area contributed by atoms with Gasteiger partial charge in [-0.15, -0.1) is 0 Å². The summed E-state index contributed by atoms with van der Waals surface area (Å²) in [6.07, 6.45) is 6.07. The molecule has 0 bridgehead atoms. The zero-order valence-electron chi connectivity index (χ0n) is 18.9. The normalized spacial score (nSPS) is 27.2. The van der Waals surface area contributed by atoms with Gasteiger partial charge >= 0.3 is 0 Å². The summed E-state index contributed by atoms with van der Waals surface area (Å²) in [6, 6.07) is 11.2. The van der Waals surface area contributed by atoms with Crippen molar-refractivity contribution in [3.05, 3.63) is 0 Å². The molecule has 3 heterocycles. The molecule has 0 amide bonds. The van der Waals surface area contributed by atoms with Gasteiger partial charge in [-0.1, -0.05) is 50.1 Å². The van der Waals surface area contributed by atoms with Gasteiger partial charge in [-0.3, -0.25) is 0 Å². The largest absolute Gasteiger partial charge is 0.301 e. The average Bonchev–Trinajstić information content (AvgIpc) is 2.80. The van der Waals surface area contributed by atoms with E-state index in [4.69, 9.17) is 0 Å². The second kappa shape index (κ2) is 10.2. The monoisotopic (exact) mass is 396 g/mol. The summed E-state index contributed by atoms with van der Waals surface area (Å²) in [4.78, 5) is 5.35. The van der Waals surface area contributed by atoms with Gasteiger partial charge in [0.2, 0.25) is 0 Å². The van der Waals surface area contributed by atoms with Crippen molar-refractivity contribution in [3.8, 4) is 0 Å². The maximum atomic E-state index is 2.71. The van der Waals surface area contributed by atoms with Crippen molar-refractivity contribution in [1.82, 2.24) is 9.80 Å². The summed E-state index contributed by atoms with van der Waals surface area (Å²) in [7, 11) is -1.47. The fraction of sp³-hybridized carbons (Fsp3) is 1.00. The molecule has 26 heavy (non-hydrogen) atoms. The van der Waals surface area contributed by atoms with Crippen LogP contribution in [0.1, 0.15) is 53.4 Å². The van der Waals surface area contributed by atoms with Crippen molar-refractivity contribution in [2.24, 2.45) is 0 Å². The molecule has 0 saturated carbocycles. The van der Waals surface area contributed by atoms with E-state index in [0.29, 0.717) is 0 Å². The van der Waals surface area contributed by atoms with Gasteiger partial charge in [-0.2, -0.15) is 0 Å². The zero-order valence-corrected chi connectivity index (χ0v) is 20.9. The van der Waals surface area contributed by atoms with E-state index in [-0.39, 0.29) is 0 Å². The van der Waals surface area contributed by atoms with Gasteiger partial charge in [0.15, 0.2) is 0 Å². The first-order valence-corrected chi connectivity index (χ1v) is 18.0. The summed E-state index contributed by atoms with van der Waals surface area (Å²) in [5.74, 6) is 0. The Bertz CT molecular complexity index is 403. The maximum absolute atomic E-state index is 2.71. The molecule has 0 aromatic heterocycles. The molecule has 3 aliphatic heterocycles. The van der Waals surface area contributed by atoms with Gasteiger partial charge in [-0.05, 0) is 78.8 Å². The molecule has 3 rings (SSSR count). The third-order valence-electron chi connectivity index (χ3n) is 7.58. The minimum Gasteiger partial charge on any atom is -0.301 e. The average molecular weight is 397 g/mol. The molecular weight excluding hydrogens is 348 g/mol. The van der Waals surface area contributed by atoms with Crippen LogP contribution in [-0.4, -0.2) is 64.2 Å². The van der Waals surface area contributed by atoms with E-state index in [0.717, 1.165) is 12.1 Å².